The number of rotatable bonds is 11. The fourth-order valence-electron chi connectivity index (χ4n) is 6.04. The molecule has 43 heavy (non-hydrogen) atoms. The minimum Gasteiger partial charge on any atom is -0.497 e. The normalized spacial score (nSPS) is 17.4. The minimum atomic E-state index is -4.44. The number of nitrogens with zero attached hydrogens (tertiary/aromatic N) is 1. The van der Waals surface area contributed by atoms with Gasteiger partial charge >= 0.3 is 10.3 Å². The van der Waals surface area contributed by atoms with Crippen molar-refractivity contribution in [3.63, 3.8) is 0 Å². The predicted octanol–water partition coefficient (Wildman–Crippen LogP) is 6.71. The molecule has 4 rings (SSSR count). The fraction of sp³-hybridized carbons (Fsp3) is 0.441. The topological polar surface area (TPSA) is 94.2 Å². The summed E-state index contributed by atoms with van der Waals surface area (Å²) in [7, 11) is -1.17. The summed E-state index contributed by atoms with van der Waals surface area (Å²) in [5.74, 6) is 1.23. The Balaban J connectivity index is 1.62. The maximum Gasteiger partial charge on any atom is 0.409 e. The first kappa shape index (κ1) is 32.2. The summed E-state index contributed by atoms with van der Waals surface area (Å²) < 4.78 is 45.7. The molecule has 1 heterocycles. The molecule has 1 N–H and O–H groups in total. The van der Waals surface area contributed by atoms with E-state index >= 15 is 0 Å². The molecule has 0 bridgehead atoms. The lowest BCUT2D eigenvalue weighted by atomic mass is 9.72. The molecule has 0 aromatic heterocycles. The average molecular weight is 609 g/mol. The number of nitrogens with one attached hydrogen (secondary N) is 1. The Bertz CT molecular complexity index is 1490. The van der Waals surface area contributed by atoms with Crippen LogP contribution in [0.4, 0.5) is 5.69 Å². The molecule has 3 aromatic carbocycles. The van der Waals surface area contributed by atoms with Gasteiger partial charge in [-0.15, -0.1) is 0 Å². The molecule has 232 valence electrons. The zero-order chi connectivity index (χ0) is 31.2. The third-order valence-electron chi connectivity index (χ3n) is 8.30. The summed E-state index contributed by atoms with van der Waals surface area (Å²) in [5.41, 5.74) is 2.87. The van der Waals surface area contributed by atoms with Gasteiger partial charge in [0.15, 0.2) is 5.75 Å². The molecule has 1 saturated heterocycles. The Hall–Kier alpha value is -3.72. The number of benzene rings is 3. The van der Waals surface area contributed by atoms with Gasteiger partial charge in [0.25, 0.3) is 0 Å². The standard InChI is InChI=1S/C34H44N2O6S/c1-24(2)28-14-10-15-29(25(3)4)33(28)42-43(38,39)35-32(37)23-34(26-12-9-13-27(22-26)40-5)18-11-20-36(21-19-34)30-16-7-8-17-31(30)41-6/h7-10,12-17,22,24-25H,11,18-21,23H2,1-6H3,(H,35,37). The Morgan fingerprint density at radius 2 is 1.56 bits per heavy atom. The molecule has 0 saturated carbocycles. The molecule has 3 aromatic rings. The largest absolute Gasteiger partial charge is 0.497 e. The summed E-state index contributed by atoms with van der Waals surface area (Å²) in [6.45, 7) is 9.36. The van der Waals surface area contributed by atoms with E-state index in [0.717, 1.165) is 41.1 Å². The maximum absolute atomic E-state index is 13.6. The van der Waals surface area contributed by atoms with Crippen molar-refractivity contribution >= 4 is 21.9 Å². The van der Waals surface area contributed by atoms with Crippen LogP contribution in [0.5, 0.6) is 17.2 Å². The lowest BCUT2D eigenvalue weighted by molar-refractivity contribution is -0.120. The highest BCUT2D eigenvalue weighted by Crippen LogP contribution is 2.42. The molecule has 9 heteroatoms. The molecule has 0 radical (unpaired) electrons. The molecular formula is C34H44N2O6S. The highest BCUT2D eigenvalue weighted by atomic mass is 32.2. The number of methoxy groups -OCH3 is 2. The van der Waals surface area contributed by atoms with Gasteiger partial charge in [-0.1, -0.05) is 70.2 Å². The number of ether oxygens (including phenoxy) is 2. The van der Waals surface area contributed by atoms with Crippen molar-refractivity contribution in [2.24, 2.45) is 0 Å². The fourth-order valence-corrected chi connectivity index (χ4v) is 6.84. The van der Waals surface area contributed by atoms with Gasteiger partial charge in [0.05, 0.1) is 19.9 Å². The third-order valence-corrected chi connectivity index (χ3v) is 9.17. The minimum absolute atomic E-state index is 0.0224. The highest BCUT2D eigenvalue weighted by Gasteiger charge is 2.38. The summed E-state index contributed by atoms with van der Waals surface area (Å²) >= 11 is 0. The first-order chi connectivity index (χ1) is 20.5. The number of carbonyl (C=O) groups is 1. The van der Waals surface area contributed by atoms with Crippen LogP contribution in [0.25, 0.3) is 0 Å². The lowest BCUT2D eigenvalue weighted by Gasteiger charge is -2.33. The number of para-hydroxylation sites is 3. The van der Waals surface area contributed by atoms with Crippen molar-refractivity contribution in [2.45, 2.75) is 70.6 Å². The van der Waals surface area contributed by atoms with Gasteiger partial charge in [0, 0.05) is 24.9 Å². The van der Waals surface area contributed by atoms with Crippen LogP contribution in [0.2, 0.25) is 0 Å². The van der Waals surface area contributed by atoms with E-state index in [1.54, 1.807) is 14.2 Å². The monoisotopic (exact) mass is 608 g/mol. The van der Waals surface area contributed by atoms with Crippen LogP contribution in [0, 0.1) is 0 Å². The Labute approximate surface area is 256 Å². The summed E-state index contributed by atoms with van der Waals surface area (Å²) in [6.07, 6.45) is 2.09. The molecule has 1 fully saturated rings. The smallest absolute Gasteiger partial charge is 0.409 e. The van der Waals surface area contributed by atoms with E-state index in [1.165, 1.54) is 0 Å². The maximum atomic E-state index is 13.6. The molecular weight excluding hydrogens is 564 g/mol. The predicted molar refractivity (Wildman–Crippen MR) is 171 cm³/mol. The van der Waals surface area contributed by atoms with Gasteiger partial charge in [-0.2, -0.15) is 8.42 Å². The van der Waals surface area contributed by atoms with Crippen molar-refractivity contribution in [3.05, 3.63) is 83.4 Å². The summed E-state index contributed by atoms with van der Waals surface area (Å²) in [6, 6.07) is 21.2. The molecule has 8 nitrogen and oxygen atoms in total. The second kappa shape index (κ2) is 13.7. The third kappa shape index (κ3) is 7.63. The van der Waals surface area contributed by atoms with E-state index in [9.17, 15) is 13.2 Å². The average Bonchev–Trinajstić information content (AvgIpc) is 3.19. The first-order valence-corrected chi connectivity index (χ1v) is 16.3. The number of carbonyl (C=O) groups excluding carboxylic acids is 1. The Morgan fingerprint density at radius 1 is 0.884 bits per heavy atom. The summed E-state index contributed by atoms with van der Waals surface area (Å²) in [5, 5.41) is 0. The van der Waals surface area contributed by atoms with Crippen molar-refractivity contribution in [3.8, 4) is 17.2 Å². The Morgan fingerprint density at radius 3 is 2.21 bits per heavy atom. The van der Waals surface area contributed by atoms with Crippen LogP contribution in [0.1, 0.15) is 81.9 Å². The number of hydrogen-bond acceptors (Lipinski definition) is 7. The van der Waals surface area contributed by atoms with Gasteiger partial charge in [0.2, 0.25) is 5.91 Å². The Kier molecular flexibility index (Phi) is 10.3. The number of hydrogen-bond donors (Lipinski definition) is 1. The van der Waals surface area contributed by atoms with Crippen LogP contribution in [-0.2, 0) is 20.5 Å². The van der Waals surface area contributed by atoms with Crippen molar-refractivity contribution in [1.82, 2.24) is 4.72 Å². The molecule has 1 amide bonds. The van der Waals surface area contributed by atoms with Gasteiger partial charge < -0.3 is 18.6 Å². The van der Waals surface area contributed by atoms with Crippen LogP contribution < -0.4 is 23.3 Å². The number of anilines is 1. The molecule has 1 unspecified atom stereocenters. The van der Waals surface area contributed by atoms with Gasteiger partial charge in [-0.05, 0) is 72.1 Å². The summed E-state index contributed by atoms with van der Waals surface area (Å²) in [4.78, 5) is 15.9. The van der Waals surface area contributed by atoms with E-state index < -0.39 is 21.6 Å². The second-order valence-electron chi connectivity index (χ2n) is 11.8. The molecule has 0 spiro atoms. The number of amides is 1. The molecule has 0 aliphatic carbocycles. The zero-order valence-corrected chi connectivity index (χ0v) is 26.9. The van der Waals surface area contributed by atoms with Crippen molar-refractivity contribution < 1.29 is 26.9 Å². The van der Waals surface area contributed by atoms with Crippen LogP contribution in [0.3, 0.4) is 0 Å². The second-order valence-corrected chi connectivity index (χ2v) is 13.1. The van der Waals surface area contributed by atoms with E-state index in [1.807, 2.05) is 94.4 Å². The zero-order valence-electron chi connectivity index (χ0n) is 26.1. The van der Waals surface area contributed by atoms with Crippen LogP contribution in [-0.4, -0.2) is 41.6 Å². The molecule has 1 aliphatic rings. The van der Waals surface area contributed by atoms with Gasteiger partial charge in [-0.3, -0.25) is 4.79 Å². The molecule has 1 aliphatic heterocycles. The van der Waals surface area contributed by atoms with Gasteiger partial charge in [-0.25, -0.2) is 4.72 Å². The first-order valence-electron chi connectivity index (χ1n) is 14.9. The lowest BCUT2D eigenvalue weighted by Crippen LogP contribution is -2.40. The van der Waals surface area contributed by atoms with Crippen LogP contribution >= 0.6 is 0 Å². The van der Waals surface area contributed by atoms with E-state index in [4.69, 9.17) is 13.7 Å². The van der Waals surface area contributed by atoms with E-state index in [2.05, 4.69) is 9.62 Å². The molecule has 1 atom stereocenters. The highest BCUT2D eigenvalue weighted by molar-refractivity contribution is 7.85. The van der Waals surface area contributed by atoms with Crippen molar-refractivity contribution in [2.75, 3.05) is 32.2 Å². The quantitative estimate of drug-likeness (QED) is 0.259. The SMILES string of the molecule is COc1cccc(C2(CC(=O)NS(=O)(=O)Oc3c(C(C)C)cccc3C(C)C)CCCN(c3ccccc3OC)CC2)c1. The van der Waals surface area contributed by atoms with E-state index in [-0.39, 0.29) is 24.0 Å². The van der Waals surface area contributed by atoms with Crippen molar-refractivity contribution in [1.29, 1.82) is 0 Å². The van der Waals surface area contributed by atoms with E-state index in [0.29, 0.717) is 25.1 Å². The van der Waals surface area contributed by atoms with Gasteiger partial charge in [0.1, 0.15) is 11.5 Å². The van der Waals surface area contributed by atoms with Crippen LogP contribution in [0.15, 0.2) is 66.7 Å².